The molecule has 1 aliphatic rings. The third-order valence-electron chi connectivity index (χ3n) is 3.26. The first-order valence-corrected chi connectivity index (χ1v) is 7.50. The minimum Gasteiger partial charge on any atom is -0.497 e. The lowest BCUT2D eigenvalue weighted by molar-refractivity contribution is -0.126. The van der Waals surface area contributed by atoms with Gasteiger partial charge in [0.25, 0.3) is 0 Å². The van der Waals surface area contributed by atoms with Gasteiger partial charge in [-0.25, -0.2) is 0 Å². The van der Waals surface area contributed by atoms with Gasteiger partial charge in [0.1, 0.15) is 11.5 Å². The largest absolute Gasteiger partial charge is 0.497 e. The molecule has 1 saturated carbocycles. The molecule has 2 amide bonds. The van der Waals surface area contributed by atoms with Crippen LogP contribution in [-0.2, 0) is 9.59 Å². The highest BCUT2D eigenvalue weighted by Crippen LogP contribution is 2.18. The fourth-order valence-electron chi connectivity index (χ4n) is 1.87. The highest BCUT2D eigenvalue weighted by molar-refractivity contribution is 5.84. The number of benzene rings is 1. The molecule has 1 fully saturated rings. The zero-order chi connectivity index (χ0) is 15.8. The van der Waals surface area contributed by atoms with Crippen LogP contribution in [0.5, 0.6) is 11.5 Å². The second-order valence-electron chi connectivity index (χ2n) is 5.25. The first kappa shape index (κ1) is 16.1. The molecular weight excluding hydrogens is 284 g/mol. The van der Waals surface area contributed by atoms with E-state index in [1.807, 2.05) is 24.3 Å². The SMILES string of the molecule is COc1ccc(OCCCC(=O)NCC(=O)NC2CC2)cc1. The molecule has 0 aromatic heterocycles. The van der Waals surface area contributed by atoms with Crippen molar-refractivity contribution in [2.45, 2.75) is 31.7 Å². The Labute approximate surface area is 130 Å². The van der Waals surface area contributed by atoms with Gasteiger partial charge in [-0.15, -0.1) is 0 Å². The third-order valence-corrected chi connectivity index (χ3v) is 3.26. The Morgan fingerprint density at radius 2 is 1.82 bits per heavy atom. The maximum atomic E-state index is 11.6. The summed E-state index contributed by atoms with van der Waals surface area (Å²) in [4.78, 5) is 23.0. The average molecular weight is 306 g/mol. The van der Waals surface area contributed by atoms with Crippen molar-refractivity contribution < 1.29 is 19.1 Å². The van der Waals surface area contributed by atoms with Crippen molar-refractivity contribution in [3.05, 3.63) is 24.3 Å². The van der Waals surface area contributed by atoms with Gasteiger partial charge < -0.3 is 20.1 Å². The van der Waals surface area contributed by atoms with E-state index in [4.69, 9.17) is 9.47 Å². The molecule has 2 N–H and O–H groups in total. The maximum Gasteiger partial charge on any atom is 0.239 e. The van der Waals surface area contributed by atoms with E-state index in [-0.39, 0.29) is 18.4 Å². The Balaban J connectivity index is 1.53. The number of hydrogen-bond donors (Lipinski definition) is 2. The summed E-state index contributed by atoms with van der Waals surface area (Å²) in [5.74, 6) is 1.26. The number of ether oxygens (including phenoxy) is 2. The summed E-state index contributed by atoms with van der Waals surface area (Å²) in [7, 11) is 1.61. The van der Waals surface area contributed by atoms with E-state index in [0.29, 0.717) is 25.5 Å². The number of hydrogen-bond acceptors (Lipinski definition) is 4. The minimum atomic E-state index is -0.135. The number of carbonyl (C=O) groups excluding carboxylic acids is 2. The number of amides is 2. The highest BCUT2D eigenvalue weighted by atomic mass is 16.5. The van der Waals surface area contributed by atoms with Gasteiger partial charge in [0, 0.05) is 12.5 Å². The monoisotopic (exact) mass is 306 g/mol. The fourth-order valence-corrected chi connectivity index (χ4v) is 1.87. The van der Waals surface area contributed by atoms with Crippen LogP contribution in [-0.4, -0.2) is 38.1 Å². The predicted molar refractivity (Wildman–Crippen MR) is 81.9 cm³/mol. The normalized spacial score (nSPS) is 13.3. The zero-order valence-electron chi connectivity index (χ0n) is 12.8. The minimum absolute atomic E-state index is 0.0503. The Morgan fingerprint density at radius 1 is 1.14 bits per heavy atom. The van der Waals surface area contributed by atoms with Crippen LogP contribution in [0.25, 0.3) is 0 Å². The molecule has 22 heavy (non-hydrogen) atoms. The number of methoxy groups -OCH3 is 1. The van der Waals surface area contributed by atoms with Crippen LogP contribution in [0.1, 0.15) is 25.7 Å². The lowest BCUT2D eigenvalue weighted by Gasteiger charge is -2.08. The molecule has 0 unspecified atom stereocenters. The lowest BCUT2D eigenvalue weighted by atomic mass is 10.3. The standard InChI is InChI=1S/C16H22N2O4/c1-21-13-6-8-14(9-7-13)22-10-2-3-15(19)17-11-16(20)18-12-4-5-12/h6-9,12H,2-5,10-11H2,1H3,(H,17,19)(H,18,20). The van der Waals surface area contributed by atoms with E-state index in [0.717, 1.165) is 24.3 Å². The second-order valence-corrected chi connectivity index (χ2v) is 5.25. The molecule has 0 aliphatic heterocycles. The summed E-state index contributed by atoms with van der Waals surface area (Å²) < 4.78 is 10.6. The summed E-state index contributed by atoms with van der Waals surface area (Å²) in [6.45, 7) is 0.503. The first-order chi connectivity index (χ1) is 10.7. The molecule has 0 atom stereocenters. The lowest BCUT2D eigenvalue weighted by Crippen LogP contribution is -2.37. The van der Waals surface area contributed by atoms with Crippen LogP contribution >= 0.6 is 0 Å². The van der Waals surface area contributed by atoms with Crippen molar-refractivity contribution >= 4 is 11.8 Å². The smallest absolute Gasteiger partial charge is 0.239 e. The average Bonchev–Trinajstić information content (AvgIpc) is 3.34. The summed E-state index contributed by atoms with van der Waals surface area (Å²) in [6.07, 6.45) is 3.03. The number of carbonyl (C=O) groups is 2. The van der Waals surface area contributed by atoms with Gasteiger partial charge in [-0.3, -0.25) is 9.59 Å². The summed E-state index contributed by atoms with van der Waals surface area (Å²) in [5.41, 5.74) is 0. The molecule has 0 spiro atoms. The van der Waals surface area contributed by atoms with Crippen LogP contribution in [0.3, 0.4) is 0 Å². The van der Waals surface area contributed by atoms with Crippen molar-refractivity contribution in [3.63, 3.8) is 0 Å². The molecule has 0 saturated heterocycles. The van der Waals surface area contributed by atoms with E-state index in [1.165, 1.54) is 0 Å². The van der Waals surface area contributed by atoms with Crippen LogP contribution in [0.4, 0.5) is 0 Å². The number of rotatable bonds is 9. The van der Waals surface area contributed by atoms with E-state index in [2.05, 4.69) is 10.6 Å². The molecular formula is C16H22N2O4. The molecule has 1 aliphatic carbocycles. The summed E-state index contributed by atoms with van der Waals surface area (Å²) >= 11 is 0. The Hall–Kier alpha value is -2.24. The molecule has 1 aromatic rings. The van der Waals surface area contributed by atoms with Gasteiger partial charge in [0.15, 0.2) is 0 Å². The maximum absolute atomic E-state index is 11.6. The zero-order valence-corrected chi connectivity index (χ0v) is 12.8. The van der Waals surface area contributed by atoms with Gasteiger partial charge in [-0.05, 0) is 43.5 Å². The molecule has 1 aromatic carbocycles. The summed E-state index contributed by atoms with van der Waals surface area (Å²) in [6, 6.07) is 7.60. The second kappa shape index (κ2) is 8.26. The molecule has 0 radical (unpaired) electrons. The van der Waals surface area contributed by atoms with Crippen molar-refractivity contribution in [1.82, 2.24) is 10.6 Å². The van der Waals surface area contributed by atoms with Gasteiger partial charge in [-0.1, -0.05) is 0 Å². The Bertz CT molecular complexity index is 497. The van der Waals surface area contributed by atoms with Crippen LogP contribution < -0.4 is 20.1 Å². The van der Waals surface area contributed by atoms with Crippen molar-refractivity contribution in [2.24, 2.45) is 0 Å². The predicted octanol–water partition coefficient (Wildman–Crippen LogP) is 1.25. The Morgan fingerprint density at radius 3 is 2.45 bits per heavy atom. The molecule has 0 bridgehead atoms. The third kappa shape index (κ3) is 6.03. The van der Waals surface area contributed by atoms with Crippen LogP contribution in [0.2, 0.25) is 0 Å². The van der Waals surface area contributed by atoms with Crippen molar-refractivity contribution in [3.8, 4) is 11.5 Å². The van der Waals surface area contributed by atoms with Gasteiger partial charge in [0.2, 0.25) is 11.8 Å². The highest BCUT2D eigenvalue weighted by Gasteiger charge is 2.23. The summed E-state index contributed by atoms with van der Waals surface area (Å²) in [5, 5.41) is 5.42. The van der Waals surface area contributed by atoms with Crippen LogP contribution in [0, 0.1) is 0 Å². The molecule has 120 valence electrons. The first-order valence-electron chi connectivity index (χ1n) is 7.50. The van der Waals surface area contributed by atoms with Crippen molar-refractivity contribution in [2.75, 3.05) is 20.3 Å². The Kier molecular flexibility index (Phi) is 6.06. The van der Waals surface area contributed by atoms with E-state index < -0.39 is 0 Å². The van der Waals surface area contributed by atoms with Crippen LogP contribution in [0.15, 0.2) is 24.3 Å². The quantitative estimate of drug-likeness (QED) is 0.673. The van der Waals surface area contributed by atoms with Gasteiger partial charge in [0.05, 0.1) is 20.3 Å². The molecule has 6 heteroatoms. The van der Waals surface area contributed by atoms with Crippen molar-refractivity contribution in [1.29, 1.82) is 0 Å². The van der Waals surface area contributed by atoms with Gasteiger partial charge in [-0.2, -0.15) is 0 Å². The van der Waals surface area contributed by atoms with Gasteiger partial charge >= 0.3 is 0 Å². The number of nitrogens with one attached hydrogen (secondary N) is 2. The van der Waals surface area contributed by atoms with E-state index >= 15 is 0 Å². The van der Waals surface area contributed by atoms with E-state index in [9.17, 15) is 9.59 Å². The topological polar surface area (TPSA) is 76.7 Å². The molecule has 0 heterocycles. The van der Waals surface area contributed by atoms with E-state index in [1.54, 1.807) is 7.11 Å². The molecule has 6 nitrogen and oxygen atoms in total. The fraction of sp³-hybridized carbons (Fsp3) is 0.500. The molecule has 2 rings (SSSR count).